The molecule has 0 fully saturated rings. The zero-order chi connectivity index (χ0) is 34.0. The molecular formula is C33H32N8O5S. The summed E-state index contributed by atoms with van der Waals surface area (Å²) in [5.74, 6) is -2.77. The van der Waals surface area contributed by atoms with Crippen molar-refractivity contribution in [3.63, 3.8) is 0 Å². The first-order valence-corrected chi connectivity index (χ1v) is 16.7. The lowest BCUT2D eigenvalue weighted by molar-refractivity contribution is -0.129. The number of likely N-dealkylation sites (N-methyl/N-ethyl adjacent to an activating group) is 1. The van der Waals surface area contributed by atoms with E-state index in [1.54, 1.807) is 49.8 Å². The fourth-order valence-electron chi connectivity index (χ4n) is 5.62. The Labute approximate surface area is 271 Å². The van der Waals surface area contributed by atoms with E-state index >= 15 is 0 Å². The number of hydrogen-bond acceptors (Lipinski definition) is 9. The third kappa shape index (κ3) is 6.42. The van der Waals surface area contributed by atoms with Crippen LogP contribution in [0.1, 0.15) is 30.7 Å². The van der Waals surface area contributed by atoms with Gasteiger partial charge >= 0.3 is 0 Å². The van der Waals surface area contributed by atoms with E-state index in [4.69, 9.17) is 5.10 Å². The van der Waals surface area contributed by atoms with Gasteiger partial charge in [-0.1, -0.05) is 30.3 Å². The number of amides is 3. The van der Waals surface area contributed by atoms with Gasteiger partial charge in [0.15, 0.2) is 9.84 Å². The SMILES string of the molecule is CNC(C)C(=O)N[C@@H]1C(=O)N(Cc2nn(-c3ccccc3C#N)c3ccccc23)c2ccc(C#N)cc2N(C(=O)CS(C)(=O)=O)[C@H]1C. The monoisotopic (exact) mass is 652 g/mol. The summed E-state index contributed by atoms with van der Waals surface area (Å²) in [7, 11) is -2.22. The van der Waals surface area contributed by atoms with Gasteiger partial charge in [0.2, 0.25) is 11.8 Å². The maximum absolute atomic E-state index is 14.6. The molecule has 3 aromatic carbocycles. The molecule has 0 saturated heterocycles. The molecule has 13 nitrogen and oxygen atoms in total. The Morgan fingerprint density at radius 3 is 2.38 bits per heavy atom. The number of fused-ring (bicyclic) bond motifs is 2. The highest BCUT2D eigenvalue weighted by molar-refractivity contribution is 7.91. The minimum Gasteiger partial charge on any atom is -0.341 e. The average molecular weight is 653 g/mol. The van der Waals surface area contributed by atoms with Crippen molar-refractivity contribution in [2.24, 2.45) is 0 Å². The predicted molar refractivity (Wildman–Crippen MR) is 175 cm³/mol. The zero-order valence-electron chi connectivity index (χ0n) is 26.1. The second-order valence-corrected chi connectivity index (χ2v) is 13.5. The number of sulfone groups is 1. The summed E-state index contributed by atoms with van der Waals surface area (Å²) in [5.41, 5.74) is 2.59. The number of nitrogens with one attached hydrogen (secondary N) is 2. The molecule has 1 aromatic heterocycles. The van der Waals surface area contributed by atoms with Crippen LogP contribution >= 0.6 is 0 Å². The number of anilines is 2. The summed E-state index contributed by atoms with van der Waals surface area (Å²) in [6.45, 7) is 3.02. The standard InChI is InChI=1S/C33H32N8O5S/c1-20(36-3)32(43)37-31-21(2)40(30(42)19-47(4,45)46)29-15-22(16-34)13-14-28(29)39(33(31)44)18-25-24-10-6-8-12-27(24)41(38-25)26-11-7-5-9-23(26)17-35/h5-15,20-21,31,36H,18-19H2,1-4H3,(H,37,43)/t20?,21-,31-/m0/s1. The van der Waals surface area contributed by atoms with Crippen LogP contribution < -0.4 is 20.4 Å². The average Bonchev–Trinajstić information content (AvgIpc) is 3.39. The Balaban J connectivity index is 1.72. The van der Waals surface area contributed by atoms with Gasteiger partial charge in [0.05, 0.1) is 64.1 Å². The van der Waals surface area contributed by atoms with Gasteiger partial charge in [0, 0.05) is 11.6 Å². The molecule has 14 heteroatoms. The van der Waals surface area contributed by atoms with Gasteiger partial charge in [-0.25, -0.2) is 13.1 Å². The normalized spacial score (nSPS) is 16.9. The molecule has 240 valence electrons. The summed E-state index contributed by atoms with van der Waals surface area (Å²) in [5, 5.41) is 30.6. The number of benzene rings is 3. The molecule has 0 saturated carbocycles. The summed E-state index contributed by atoms with van der Waals surface area (Å²) in [4.78, 5) is 44.0. The van der Waals surface area contributed by atoms with E-state index in [9.17, 15) is 33.3 Å². The molecular weight excluding hydrogens is 620 g/mol. The second-order valence-electron chi connectivity index (χ2n) is 11.3. The lowest BCUT2D eigenvalue weighted by Gasteiger charge is -2.32. The van der Waals surface area contributed by atoms with E-state index in [0.29, 0.717) is 27.8 Å². The highest BCUT2D eigenvalue weighted by atomic mass is 32.2. The lowest BCUT2D eigenvalue weighted by atomic mass is 10.1. The van der Waals surface area contributed by atoms with E-state index in [1.807, 2.05) is 30.3 Å². The Kier molecular flexibility index (Phi) is 9.10. The van der Waals surface area contributed by atoms with Crippen molar-refractivity contribution in [1.29, 1.82) is 10.5 Å². The van der Waals surface area contributed by atoms with E-state index in [0.717, 1.165) is 6.26 Å². The third-order valence-electron chi connectivity index (χ3n) is 8.08. The Morgan fingerprint density at radius 1 is 1.00 bits per heavy atom. The summed E-state index contributed by atoms with van der Waals surface area (Å²) >= 11 is 0. The number of para-hydroxylation sites is 2. The van der Waals surface area contributed by atoms with Crippen molar-refractivity contribution in [2.45, 2.75) is 38.5 Å². The van der Waals surface area contributed by atoms with Gasteiger partial charge in [0.1, 0.15) is 17.9 Å². The maximum Gasteiger partial charge on any atom is 0.252 e. The number of nitriles is 2. The van der Waals surface area contributed by atoms with Crippen LogP contribution in [-0.2, 0) is 30.8 Å². The molecule has 2 heterocycles. The third-order valence-corrected chi connectivity index (χ3v) is 8.85. The number of carbonyl (C=O) groups excluding carboxylic acids is 3. The Morgan fingerprint density at radius 2 is 1.70 bits per heavy atom. The molecule has 0 spiro atoms. The summed E-state index contributed by atoms with van der Waals surface area (Å²) in [6.07, 6.45) is 0.928. The molecule has 3 atom stereocenters. The van der Waals surface area contributed by atoms with Crippen molar-refractivity contribution in [1.82, 2.24) is 20.4 Å². The molecule has 0 aliphatic carbocycles. The highest BCUT2D eigenvalue weighted by Gasteiger charge is 2.43. The molecule has 1 unspecified atom stereocenters. The first kappa shape index (κ1) is 32.8. The van der Waals surface area contributed by atoms with Gasteiger partial charge in [-0.15, -0.1) is 0 Å². The summed E-state index contributed by atoms with van der Waals surface area (Å²) in [6, 6.07) is 19.9. The van der Waals surface area contributed by atoms with Crippen LogP contribution in [0.4, 0.5) is 11.4 Å². The molecule has 0 bridgehead atoms. The van der Waals surface area contributed by atoms with Crippen LogP contribution in [0.2, 0.25) is 0 Å². The second kappa shape index (κ2) is 13.0. The molecule has 1 aliphatic rings. The topological polar surface area (TPSA) is 181 Å². The number of hydrogen-bond donors (Lipinski definition) is 2. The van der Waals surface area contributed by atoms with Crippen molar-refractivity contribution in [3.8, 4) is 17.8 Å². The van der Waals surface area contributed by atoms with Crippen LogP contribution in [0.25, 0.3) is 16.6 Å². The van der Waals surface area contributed by atoms with E-state index < -0.39 is 51.4 Å². The maximum atomic E-state index is 14.6. The summed E-state index contributed by atoms with van der Waals surface area (Å²) < 4.78 is 26.2. The van der Waals surface area contributed by atoms with Gasteiger partial charge in [-0.05, 0) is 57.3 Å². The van der Waals surface area contributed by atoms with Crippen LogP contribution in [0, 0.1) is 22.7 Å². The molecule has 2 N–H and O–H groups in total. The minimum absolute atomic E-state index is 0.130. The number of nitrogens with zero attached hydrogens (tertiary/aromatic N) is 6. The van der Waals surface area contributed by atoms with Gasteiger partial charge in [-0.3, -0.25) is 14.4 Å². The molecule has 4 aromatic rings. The van der Waals surface area contributed by atoms with E-state index in [1.165, 1.54) is 28.0 Å². The Hall–Kier alpha value is -5.57. The zero-order valence-corrected chi connectivity index (χ0v) is 26.9. The Bertz CT molecular complexity index is 2100. The smallest absolute Gasteiger partial charge is 0.252 e. The highest BCUT2D eigenvalue weighted by Crippen LogP contribution is 2.38. The van der Waals surface area contributed by atoms with Gasteiger partial charge < -0.3 is 20.4 Å². The fourth-order valence-corrected chi connectivity index (χ4v) is 6.21. The van der Waals surface area contributed by atoms with Crippen molar-refractivity contribution >= 4 is 49.8 Å². The molecule has 3 amide bonds. The van der Waals surface area contributed by atoms with Crippen molar-refractivity contribution in [3.05, 3.63) is 83.6 Å². The first-order chi connectivity index (χ1) is 22.4. The van der Waals surface area contributed by atoms with E-state index in [2.05, 4.69) is 16.7 Å². The van der Waals surface area contributed by atoms with Crippen molar-refractivity contribution < 1.29 is 22.8 Å². The first-order valence-electron chi connectivity index (χ1n) is 14.7. The minimum atomic E-state index is -3.80. The van der Waals surface area contributed by atoms with E-state index in [-0.39, 0.29) is 23.5 Å². The quantitative estimate of drug-likeness (QED) is 0.288. The molecule has 1 aliphatic heterocycles. The van der Waals surface area contributed by atoms with Crippen LogP contribution in [0.5, 0.6) is 0 Å². The molecule has 47 heavy (non-hydrogen) atoms. The van der Waals surface area contributed by atoms with Crippen LogP contribution in [-0.4, -0.2) is 73.1 Å². The van der Waals surface area contributed by atoms with Crippen LogP contribution in [0.15, 0.2) is 66.7 Å². The molecule has 5 rings (SSSR count). The van der Waals surface area contributed by atoms with Crippen LogP contribution in [0.3, 0.4) is 0 Å². The fraction of sp³-hybridized carbons (Fsp3) is 0.273. The van der Waals surface area contributed by atoms with Gasteiger partial charge in [0.25, 0.3) is 5.91 Å². The lowest BCUT2D eigenvalue weighted by Crippen LogP contribution is -2.60. The largest absolute Gasteiger partial charge is 0.341 e. The number of carbonyl (C=O) groups is 3. The molecule has 0 radical (unpaired) electrons. The number of rotatable bonds is 8. The van der Waals surface area contributed by atoms with Crippen molar-refractivity contribution in [2.75, 3.05) is 28.9 Å². The number of aromatic nitrogens is 2. The predicted octanol–water partition coefficient (Wildman–Crippen LogP) is 2.17. The van der Waals surface area contributed by atoms with Gasteiger partial charge in [-0.2, -0.15) is 15.6 Å².